The van der Waals surface area contributed by atoms with Crippen LogP contribution in [0.1, 0.15) is 194 Å². The Morgan fingerprint density at radius 3 is 1.35 bits per heavy atom. The summed E-state index contributed by atoms with van der Waals surface area (Å²) in [4.78, 5) is 23.2. The molecule has 0 spiro atoms. The second kappa shape index (κ2) is 48.9. The zero-order chi connectivity index (χ0) is 49.9. The monoisotopic (exact) mass is 966 g/mol. The van der Waals surface area contributed by atoms with E-state index < -0.39 is 20.0 Å². The molecule has 9 heteroatoms. The van der Waals surface area contributed by atoms with Crippen LogP contribution >= 0.6 is 7.82 Å². The molecule has 3 N–H and O–H groups in total. The third-order valence-electron chi connectivity index (χ3n) is 11.2. The van der Waals surface area contributed by atoms with Crippen LogP contribution in [0.3, 0.4) is 0 Å². The van der Waals surface area contributed by atoms with E-state index in [9.17, 15) is 19.4 Å². The smallest absolute Gasteiger partial charge is 0.387 e. The maximum absolute atomic E-state index is 12.9. The van der Waals surface area contributed by atoms with Crippen molar-refractivity contribution < 1.29 is 32.9 Å². The SMILES string of the molecule is CC/C=C\C/C=C\C/C=C\C/C=C\C/C=C\C/C=C\C/C=C\C/C=C\CCCCCCCCCCC(=O)NC(COP(=O)(O)OCC[N+](C)(C)C)C(O)/C=C/CC/C=C/CCCCCCCCC. The molecule has 388 valence electrons. The van der Waals surface area contributed by atoms with Gasteiger partial charge in [-0.1, -0.05) is 212 Å². The van der Waals surface area contributed by atoms with Gasteiger partial charge in [0.25, 0.3) is 0 Å². The largest absolute Gasteiger partial charge is 0.472 e. The topological polar surface area (TPSA) is 105 Å². The van der Waals surface area contributed by atoms with Gasteiger partial charge in [0, 0.05) is 6.42 Å². The molecular weight excluding hydrogens is 864 g/mol. The molecule has 0 fully saturated rings. The molecule has 3 atom stereocenters. The Morgan fingerprint density at radius 1 is 0.515 bits per heavy atom. The number of likely N-dealkylation sites (N-methyl/N-ethyl adjacent to an activating group) is 1. The summed E-state index contributed by atoms with van der Waals surface area (Å²) in [6.45, 7) is 4.64. The van der Waals surface area contributed by atoms with Crippen molar-refractivity contribution in [2.75, 3.05) is 40.9 Å². The molecule has 1 amide bonds. The molecular formula is C59H102N2O6P+. The number of carbonyl (C=O) groups is 1. The van der Waals surface area contributed by atoms with E-state index >= 15 is 0 Å². The number of carbonyl (C=O) groups excluding carboxylic acids is 1. The fourth-order valence-electron chi connectivity index (χ4n) is 6.95. The summed E-state index contributed by atoms with van der Waals surface area (Å²) in [5, 5.41) is 13.8. The second-order valence-electron chi connectivity index (χ2n) is 18.9. The second-order valence-corrected chi connectivity index (χ2v) is 20.3. The van der Waals surface area contributed by atoms with Crippen LogP contribution in [-0.2, 0) is 18.4 Å². The number of aliphatic hydroxyl groups excluding tert-OH is 1. The number of amides is 1. The van der Waals surface area contributed by atoms with Gasteiger partial charge in [-0.25, -0.2) is 4.57 Å². The van der Waals surface area contributed by atoms with Crippen molar-refractivity contribution in [2.45, 2.75) is 206 Å². The molecule has 0 aromatic carbocycles. The van der Waals surface area contributed by atoms with E-state index in [2.05, 4.69) is 129 Å². The van der Waals surface area contributed by atoms with Crippen LogP contribution in [0, 0.1) is 0 Å². The van der Waals surface area contributed by atoms with Gasteiger partial charge < -0.3 is 19.8 Å². The molecule has 8 nitrogen and oxygen atoms in total. The third kappa shape index (κ3) is 50.8. The molecule has 0 saturated heterocycles. The first-order valence-corrected chi connectivity index (χ1v) is 28.4. The van der Waals surface area contributed by atoms with Crippen molar-refractivity contribution in [3.8, 4) is 0 Å². The van der Waals surface area contributed by atoms with E-state index in [1.807, 2.05) is 27.2 Å². The first-order valence-electron chi connectivity index (χ1n) is 26.9. The van der Waals surface area contributed by atoms with Gasteiger partial charge in [-0.2, -0.15) is 0 Å². The molecule has 0 aliphatic heterocycles. The van der Waals surface area contributed by atoms with E-state index in [-0.39, 0.29) is 19.1 Å². The predicted molar refractivity (Wildman–Crippen MR) is 295 cm³/mol. The number of phosphoric acid groups is 1. The Kier molecular flexibility index (Phi) is 46.7. The number of allylic oxidation sites excluding steroid dienone is 19. The molecule has 3 unspecified atom stereocenters. The molecule has 68 heavy (non-hydrogen) atoms. The minimum absolute atomic E-state index is 0.0479. The lowest BCUT2D eigenvalue weighted by molar-refractivity contribution is -0.870. The Hall–Kier alpha value is -3.10. The summed E-state index contributed by atoms with van der Waals surface area (Å²) < 4.78 is 23.6. The lowest BCUT2D eigenvalue weighted by atomic mass is 10.1. The average Bonchev–Trinajstić information content (AvgIpc) is 3.30. The van der Waals surface area contributed by atoms with Gasteiger partial charge in [0.1, 0.15) is 13.2 Å². The maximum Gasteiger partial charge on any atom is 0.472 e. The molecule has 0 bridgehead atoms. The molecule has 0 radical (unpaired) electrons. The molecule has 0 aliphatic carbocycles. The lowest BCUT2D eigenvalue weighted by Gasteiger charge is -2.25. The highest BCUT2D eigenvalue weighted by Crippen LogP contribution is 2.43. The summed E-state index contributed by atoms with van der Waals surface area (Å²) in [7, 11) is 1.53. The molecule has 0 rings (SSSR count). The molecule has 0 saturated carbocycles. The van der Waals surface area contributed by atoms with E-state index in [1.54, 1.807) is 6.08 Å². The molecule has 0 aromatic heterocycles. The van der Waals surface area contributed by atoms with Crippen molar-refractivity contribution in [1.29, 1.82) is 0 Å². The fraction of sp³-hybridized carbons (Fsp3) is 0.644. The first-order chi connectivity index (χ1) is 33.0. The van der Waals surface area contributed by atoms with E-state index in [0.717, 1.165) is 103 Å². The standard InChI is InChI=1S/C59H101N2O6P/c1-6-8-10-12-14-16-18-20-21-22-23-24-25-26-27-28-29-30-31-32-33-34-35-36-37-38-39-41-43-45-47-49-51-53-59(63)60-57(56-67-68(64,65)66-55-54-61(3,4)5)58(62)52-50-48-46-44-42-40-19-17-15-13-11-9-7-2/h8,10,14,16,20-21,23-24,26-27,29-30,32-33,35-36,42,44,50,52,57-58,62H,6-7,9,11-13,15,17-19,22,25,28,31,34,37-41,43,45-49,51,53-56H2,1-5H3,(H-,60,63,64,65)/p+1/b10-8-,16-14-,21-20-,24-23-,27-26-,30-29-,33-32-,36-35-,44-42+,52-50+. The maximum atomic E-state index is 12.9. The first kappa shape index (κ1) is 64.9. The predicted octanol–water partition coefficient (Wildman–Crippen LogP) is 16.2. The van der Waals surface area contributed by atoms with Crippen molar-refractivity contribution in [2.24, 2.45) is 0 Å². The van der Waals surface area contributed by atoms with Crippen LogP contribution in [-0.4, -0.2) is 73.4 Å². The fourth-order valence-corrected chi connectivity index (χ4v) is 7.69. The summed E-state index contributed by atoms with van der Waals surface area (Å²) in [6, 6.07) is -0.876. The van der Waals surface area contributed by atoms with E-state index in [4.69, 9.17) is 9.05 Å². The van der Waals surface area contributed by atoms with Crippen LogP contribution in [0.2, 0.25) is 0 Å². The van der Waals surface area contributed by atoms with E-state index in [1.165, 1.54) is 70.6 Å². The van der Waals surface area contributed by atoms with Crippen LogP contribution < -0.4 is 5.32 Å². The number of hydrogen-bond acceptors (Lipinski definition) is 5. The number of phosphoric ester groups is 1. The molecule has 0 aromatic rings. The van der Waals surface area contributed by atoms with Crippen molar-refractivity contribution in [1.82, 2.24) is 5.32 Å². The van der Waals surface area contributed by atoms with Gasteiger partial charge in [-0.3, -0.25) is 13.8 Å². The van der Waals surface area contributed by atoms with Crippen LogP contribution in [0.25, 0.3) is 0 Å². The van der Waals surface area contributed by atoms with Crippen LogP contribution in [0.5, 0.6) is 0 Å². The summed E-state index contributed by atoms with van der Waals surface area (Å²) >= 11 is 0. The van der Waals surface area contributed by atoms with Crippen molar-refractivity contribution in [3.05, 3.63) is 122 Å². The Labute approximate surface area is 418 Å². The zero-order valence-electron chi connectivity index (χ0n) is 44.0. The Bertz CT molecular complexity index is 1510. The van der Waals surface area contributed by atoms with Crippen LogP contribution in [0.4, 0.5) is 0 Å². The number of aliphatic hydroxyl groups is 1. The molecule has 0 heterocycles. The Morgan fingerprint density at radius 2 is 0.897 bits per heavy atom. The zero-order valence-corrected chi connectivity index (χ0v) is 44.9. The third-order valence-corrected chi connectivity index (χ3v) is 12.1. The number of quaternary nitrogens is 1. The number of rotatable bonds is 47. The number of hydrogen-bond donors (Lipinski definition) is 3. The highest BCUT2D eigenvalue weighted by molar-refractivity contribution is 7.47. The van der Waals surface area contributed by atoms with E-state index in [0.29, 0.717) is 17.4 Å². The number of nitrogens with zero attached hydrogens (tertiary/aromatic N) is 1. The highest BCUT2D eigenvalue weighted by Gasteiger charge is 2.27. The summed E-state index contributed by atoms with van der Waals surface area (Å²) in [6.07, 6.45) is 72.9. The van der Waals surface area contributed by atoms with Gasteiger partial charge in [-0.15, -0.1) is 0 Å². The normalized spacial score (nSPS) is 15.0. The number of nitrogens with one attached hydrogen (secondary N) is 1. The summed E-state index contributed by atoms with van der Waals surface area (Å²) in [5.41, 5.74) is 0. The minimum atomic E-state index is -4.36. The van der Waals surface area contributed by atoms with Crippen LogP contribution in [0.15, 0.2) is 122 Å². The quantitative estimate of drug-likeness (QED) is 0.0243. The Balaban J connectivity index is 4.23. The van der Waals surface area contributed by atoms with Gasteiger partial charge in [0.2, 0.25) is 5.91 Å². The molecule has 0 aliphatic rings. The van der Waals surface area contributed by atoms with Gasteiger partial charge >= 0.3 is 7.82 Å². The van der Waals surface area contributed by atoms with Gasteiger partial charge in [0.15, 0.2) is 0 Å². The number of unbranched alkanes of at least 4 members (excludes halogenated alkanes) is 16. The van der Waals surface area contributed by atoms with Gasteiger partial charge in [-0.05, 0) is 96.3 Å². The van der Waals surface area contributed by atoms with Crippen molar-refractivity contribution >= 4 is 13.7 Å². The van der Waals surface area contributed by atoms with Gasteiger partial charge in [0.05, 0.1) is 39.9 Å². The lowest BCUT2D eigenvalue weighted by Crippen LogP contribution is -2.45. The summed E-state index contributed by atoms with van der Waals surface area (Å²) in [5.74, 6) is -0.202. The average molecular weight is 966 g/mol. The minimum Gasteiger partial charge on any atom is -0.387 e. The van der Waals surface area contributed by atoms with Crippen molar-refractivity contribution in [3.63, 3.8) is 0 Å². The highest BCUT2D eigenvalue weighted by atomic mass is 31.2.